The van der Waals surface area contributed by atoms with Crippen LogP contribution < -0.4 is 10.1 Å². The highest BCUT2D eigenvalue weighted by molar-refractivity contribution is 5.45. The Balaban J connectivity index is 1.59. The predicted octanol–water partition coefficient (Wildman–Crippen LogP) is 1.93. The Kier molecular flexibility index (Phi) is 5.17. The fourth-order valence-corrected chi connectivity index (χ4v) is 3.43. The molecule has 1 N–H and O–H groups in total. The van der Waals surface area contributed by atoms with E-state index in [1.54, 1.807) is 11.6 Å². The average Bonchev–Trinajstić information content (AvgIpc) is 3.18. The second-order valence-corrected chi connectivity index (χ2v) is 6.57. The lowest BCUT2D eigenvalue weighted by Gasteiger charge is -2.35. The minimum absolute atomic E-state index is 0.215. The van der Waals surface area contributed by atoms with Crippen LogP contribution in [-0.4, -0.2) is 64.4 Å². The number of nitrogens with zero attached hydrogens (tertiary/aromatic N) is 5. The van der Waals surface area contributed by atoms with Gasteiger partial charge < -0.3 is 14.8 Å². The maximum atomic E-state index is 5.54. The zero-order valence-electron chi connectivity index (χ0n) is 15.6. The molecule has 0 spiro atoms. The summed E-state index contributed by atoms with van der Waals surface area (Å²) >= 11 is 0. The molecule has 0 radical (unpaired) electrons. The molecule has 0 aliphatic carbocycles. The predicted molar refractivity (Wildman–Crippen MR) is 102 cm³/mol. The molecule has 0 amide bonds. The number of morpholine rings is 1. The third-order valence-electron chi connectivity index (χ3n) is 4.84. The normalized spacial score (nSPS) is 16.4. The van der Waals surface area contributed by atoms with Crippen molar-refractivity contribution in [2.24, 2.45) is 0 Å². The van der Waals surface area contributed by atoms with Gasteiger partial charge in [-0.15, -0.1) is 0 Å². The monoisotopic (exact) mass is 368 g/mol. The first-order valence-electron chi connectivity index (χ1n) is 9.11. The number of rotatable bonds is 6. The van der Waals surface area contributed by atoms with Crippen LogP contribution in [0.15, 0.2) is 36.7 Å². The quantitative estimate of drug-likeness (QED) is 0.712. The standard InChI is InChI=1S/C19H24N6O2/c1-14-11-18(25-19(23-14)21-13-22-25)20-12-17(24-7-9-27-10-8-24)15-3-5-16(26-2)6-4-15/h3-6,11,13,17,20H,7-10,12H2,1-2H3/t17-/m0/s1. The van der Waals surface area contributed by atoms with E-state index in [-0.39, 0.29) is 6.04 Å². The van der Waals surface area contributed by atoms with Crippen molar-refractivity contribution in [2.75, 3.05) is 45.3 Å². The summed E-state index contributed by atoms with van der Waals surface area (Å²) in [6.07, 6.45) is 1.52. The van der Waals surface area contributed by atoms with Gasteiger partial charge in [0, 0.05) is 31.4 Å². The van der Waals surface area contributed by atoms with Crippen molar-refractivity contribution in [1.29, 1.82) is 0 Å². The summed E-state index contributed by atoms with van der Waals surface area (Å²) in [5, 5.41) is 7.82. The second-order valence-electron chi connectivity index (χ2n) is 6.57. The minimum atomic E-state index is 0.215. The van der Waals surface area contributed by atoms with E-state index in [0.717, 1.165) is 50.1 Å². The highest BCUT2D eigenvalue weighted by atomic mass is 16.5. The van der Waals surface area contributed by atoms with E-state index in [1.165, 1.54) is 11.9 Å². The van der Waals surface area contributed by atoms with Crippen molar-refractivity contribution in [3.63, 3.8) is 0 Å². The number of aryl methyl sites for hydroxylation is 1. The Hall–Kier alpha value is -2.71. The number of anilines is 1. The maximum absolute atomic E-state index is 5.54. The van der Waals surface area contributed by atoms with Gasteiger partial charge in [-0.2, -0.15) is 14.6 Å². The molecule has 142 valence electrons. The number of benzene rings is 1. The second kappa shape index (κ2) is 7.89. The molecule has 1 aliphatic heterocycles. The average molecular weight is 368 g/mol. The molecule has 4 rings (SSSR count). The highest BCUT2D eigenvalue weighted by Crippen LogP contribution is 2.25. The molecule has 0 unspecified atom stereocenters. The van der Waals surface area contributed by atoms with Crippen molar-refractivity contribution in [3.05, 3.63) is 47.9 Å². The molecule has 3 heterocycles. The van der Waals surface area contributed by atoms with Gasteiger partial charge in [0.25, 0.3) is 5.78 Å². The van der Waals surface area contributed by atoms with Crippen LogP contribution >= 0.6 is 0 Å². The summed E-state index contributed by atoms with van der Waals surface area (Å²) < 4.78 is 12.6. The molecule has 8 heteroatoms. The van der Waals surface area contributed by atoms with Crippen LogP contribution in [0.4, 0.5) is 5.82 Å². The summed E-state index contributed by atoms with van der Waals surface area (Å²) in [6, 6.07) is 10.5. The number of ether oxygens (including phenoxy) is 2. The lowest BCUT2D eigenvalue weighted by atomic mass is 10.0. The molecule has 27 heavy (non-hydrogen) atoms. The van der Waals surface area contributed by atoms with E-state index in [9.17, 15) is 0 Å². The Morgan fingerprint density at radius 2 is 2.00 bits per heavy atom. The van der Waals surface area contributed by atoms with Crippen molar-refractivity contribution < 1.29 is 9.47 Å². The van der Waals surface area contributed by atoms with E-state index < -0.39 is 0 Å². The number of hydrogen-bond donors (Lipinski definition) is 1. The molecule has 0 saturated carbocycles. The molecule has 1 atom stereocenters. The molecule has 8 nitrogen and oxygen atoms in total. The van der Waals surface area contributed by atoms with Crippen molar-refractivity contribution in [3.8, 4) is 5.75 Å². The number of methoxy groups -OCH3 is 1. The molecule has 2 aromatic heterocycles. The fourth-order valence-electron chi connectivity index (χ4n) is 3.43. The smallest absolute Gasteiger partial charge is 0.254 e. The van der Waals surface area contributed by atoms with Crippen LogP contribution in [0.5, 0.6) is 5.75 Å². The van der Waals surface area contributed by atoms with Gasteiger partial charge in [0.15, 0.2) is 0 Å². The zero-order chi connectivity index (χ0) is 18.6. The Morgan fingerprint density at radius 1 is 1.22 bits per heavy atom. The minimum Gasteiger partial charge on any atom is -0.497 e. The summed E-state index contributed by atoms with van der Waals surface area (Å²) in [6.45, 7) is 6.04. The van der Waals surface area contributed by atoms with Crippen LogP contribution in [0, 0.1) is 6.92 Å². The zero-order valence-corrected chi connectivity index (χ0v) is 15.6. The topological polar surface area (TPSA) is 76.8 Å². The van der Waals surface area contributed by atoms with E-state index in [1.807, 2.05) is 25.1 Å². The molecular weight excluding hydrogens is 344 g/mol. The molecule has 1 aromatic carbocycles. The van der Waals surface area contributed by atoms with Gasteiger partial charge in [0.2, 0.25) is 0 Å². The van der Waals surface area contributed by atoms with Crippen LogP contribution in [0.3, 0.4) is 0 Å². The number of fused-ring (bicyclic) bond motifs is 1. The van der Waals surface area contributed by atoms with E-state index in [2.05, 4.69) is 37.4 Å². The largest absolute Gasteiger partial charge is 0.497 e. The van der Waals surface area contributed by atoms with Crippen molar-refractivity contribution in [1.82, 2.24) is 24.5 Å². The van der Waals surface area contributed by atoms with Crippen LogP contribution in [0.25, 0.3) is 5.78 Å². The Bertz CT molecular complexity index is 889. The molecular formula is C19H24N6O2. The first kappa shape index (κ1) is 17.7. The Morgan fingerprint density at radius 3 is 2.74 bits per heavy atom. The van der Waals surface area contributed by atoms with Crippen LogP contribution in [0.2, 0.25) is 0 Å². The third kappa shape index (κ3) is 3.86. The third-order valence-corrected chi connectivity index (χ3v) is 4.84. The number of hydrogen-bond acceptors (Lipinski definition) is 7. The van der Waals surface area contributed by atoms with Gasteiger partial charge in [-0.3, -0.25) is 4.90 Å². The molecule has 1 aliphatic rings. The summed E-state index contributed by atoms with van der Waals surface area (Å²) in [5.41, 5.74) is 2.15. The van der Waals surface area contributed by atoms with E-state index in [4.69, 9.17) is 9.47 Å². The Labute approximate surface area is 158 Å². The van der Waals surface area contributed by atoms with Crippen molar-refractivity contribution in [2.45, 2.75) is 13.0 Å². The summed E-state index contributed by atoms with van der Waals surface area (Å²) in [4.78, 5) is 11.0. The lowest BCUT2D eigenvalue weighted by Crippen LogP contribution is -2.41. The molecule has 1 saturated heterocycles. The number of aromatic nitrogens is 4. The van der Waals surface area contributed by atoms with Gasteiger partial charge in [-0.1, -0.05) is 12.1 Å². The van der Waals surface area contributed by atoms with Crippen molar-refractivity contribution >= 4 is 11.6 Å². The molecule has 1 fully saturated rings. The van der Waals surface area contributed by atoms with Crippen LogP contribution in [0.1, 0.15) is 17.3 Å². The van der Waals surface area contributed by atoms with E-state index in [0.29, 0.717) is 5.78 Å². The number of nitrogens with one attached hydrogen (secondary N) is 1. The van der Waals surface area contributed by atoms with Crippen LogP contribution in [-0.2, 0) is 4.74 Å². The fraction of sp³-hybridized carbons (Fsp3) is 0.421. The molecule has 0 bridgehead atoms. The first-order valence-corrected chi connectivity index (χ1v) is 9.11. The molecule has 3 aromatic rings. The SMILES string of the molecule is COc1ccc([C@H](CNc2cc(C)nc3ncnn23)N2CCOCC2)cc1. The summed E-state index contributed by atoms with van der Waals surface area (Å²) in [7, 11) is 1.69. The maximum Gasteiger partial charge on any atom is 0.254 e. The highest BCUT2D eigenvalue weighted by Gasteiger charge is 2.23. The van der Waals surface area contributed by atoms with Gasteiger partial charge in [-0.25, -0.2) is 4.98 Å². The summed E-state index contributed by atoms with van der Waals surface area (Å²) in [5.74, 6) is 2.35. The van der Waals surface area contributed by atoms with E-state index >= 15 is 0 Å². The van der Waals surface area contributed by atoms with Gasteiger partial charge in [0.05, 0.1) is 26.4 Å². The van der Waals surface area contributed by atoms with Gasteiger partial charge in [0.1, 0.15) is 17.9 Å². The van der Waals surface area contributed by atoms with Gasteiger partial charge >= 0.3 is 0 Å². The lowest BCUT2D eigenvalue weighted by molar-refractivity contribution is 0.0187. The van der Waals surface area contributed by atoms with Gasteiger partial charge in [-0.05, 0) is 24.6 Å². The first-order chi connectivity index (χ1) is 13.2.